The third-order valence-electron chi connectivity index (χ3n) is 2.44. The number of nitrogens with zero attached hydrogens (tertiary/aromatic N) is 1. The lowest BCUT2D eigenvalue weighted by Gasteiger charge is -2.17. The molecule has 0 saturated heterocycles. The fraction of sp³-hybridized carbons (Fsp3) is 0.333. The number of sulfonamides is 1. The minimum absolute atomic E-state index is 0.257. The van der Waals surface area contributed by atoms with Crippen molar-refractivity contribution < 1.29 is 8.42 Å². The van der Waals surface area contributed by atoms with Crippen molar-refractivity contribution in [1.82, 2.24) is 4.31 Å². The molecule has 1 aromatic carbocycles. The van der Waals surface area contributed by atoms with E-state index in [4.69, 9.17) is 5.73 Å². The van der Waals surface area contributed by atoms with E-state index in [-0.39, 0.29) is 4.90 Å². The first-order chi connectivity index (χ1) is 7.75. The summed E-state index contributed by atoms with van der Waals surface area (Å²) in [5.41, 5.74) is 7.81. The average Bonchev–Trinajstić information content (AvgIpc) is 2.20. The van der Waals surface area contributed by atoms with Crippen LogP contribution in [0.3, 0.4) is 0 Å². The standard InChI is InChI=1S/C12H18N2O2S/c1-9(2)8-14(4)17(15,16)11-5-6-12(13)10(3)7-11/h5-7H,1,8,13H2,2-4H3. The molecule has 17 heavy (non-hydrogen) atoms. The summed E-state index contributed by atoms with van der Waals surface area (Å²) in [6.45, 7) is 7.60. The summed E-state index contributed by atoms with van der Waals surface area (Å²) < 4.78 is 25.6. The molecule has 94 valence electrons. The summed E-state index contributed by atoms with van der Waals surface area (Å²) in [5, 5.41) is 0. The van der Waals surface area contributed by atoms with Crippen LogP contribution in [0, 0.1) is 6.92 Å². The van der Waals surface area contributed by atoms with Crippen LogP contribution in [0.15, 0.2) is 35.2 Å². The Hall–Kier alpha value is -1.33. The second kappa shape index (κ2) is 4.89. The Kier molecular flexibility index (Phi) is 3.95. The van der Waals surface area contributed by atoms with E-state index in [1.807, 2.05) is 0 Å². The molecule has 0 saturated carbocycles. The van der Waals surface area contributed by atoms with Gasteiger partial charge in [0, 0.05) is 19.3 Å². The Bertz CT molecular complexity index is 535. The Morgan fingerprint density at radius 2 is 2.06 bits per heavy atom. The smallest absolute Gasteiger partial charge is 0.243 e. The molecule has 0 aliphatic carbocycles. The van der Waals surface area contributed by atoms with Gasteiger partial charge in [-0.2, -0.15) is 4.31 Å². The third kappa shape index (κ3) is 3.08. The summed E-state index contributed by atoms with van der Waals surface area (Å²) in [6.07, 6.45) is 0. The highest BCUT2D eigenvalue weighted by molar-refractivity contribution is 7.89. The lowest BCUT2D eigenvalue weighted by molar-refractivity contribution is 0.493. The summed E-state index contributed by atoms with van der Waals surface area (Å²) in [5.74, 6) is 0. The van der Waals surface area contributed by atoms with Crippen molar-refractivity contribution in [2.75, 3.05) is 19.3 Å². The van der Waals surface area contributed by atoms with Crippen LogP contribution in [0.4, 0.5) is 5.69 Å². The number of aryl methyl sites for hydroxylation is 1. The van der Waals surface area contributed by atoms with E-state index >= 15 is 0 Å². The maximum Gasteiger partial charge on any atom is 0.243 e. The molecule has 0 aliphatic rings. The maximum atomic E-state index is 12.2. The average molecular weight is 254 g/mol. The quantitative estimate of drug-likeness (QED) is 0.658. The molecule has 0 radical (unpaired) electrons. The Morgan fingerprint density at radius 3 is 2.53 bits per heavy atom. The molecule has 0 bridgehead atoms. The summed E-state index contributed by atoms with van der Waals surface area (Å²) in [4.78, 5) is 0.257. The highest BCUT2D eigenvalue weighted by Gasteiger charge is 2.20. The van der Waals surface area contributed by atoms with Gasteiger partial charge in [-0.25, -0.2) is 8.42 Å². The van der Waals surface area contributed by atoms with E-state index in [9.17, 15) is 8.42 Å². The fourth-order valence-electron chi connectivity index (χ4n) is 1.45. The van der Waals surface area contributed by atoms with Crippen molar-refractivity contribution in [2.45, 2.75) is 18.7 Å². The number of anilines is 1. The van der Waals surface area contributed by atoms with Crippen molar-refractivity contribution in [3.05, 3.63) is 35.9 Å². The minimum atomic E-state index is -3.46. The number of nitrogens with two attached hydrogens (primary N) is 1. The molecule has 1 aromatic rings. The topological polar surface area (TPSA) is 63.4 Å². The van der Waals surface area contributed by atoms with Crippen LogP contribution in [0.2, 0.25) is 0 Å². The molecule has 0 heterocycles. The molecule has 5 heteroatoms. The van der Waals surface area contributed by atoms with E-state index in [1.54, 1.807) is 26.0 Å². The SMILES string of the molecule is C=C(C)CN(C)S(=O)(=O)c1ccc(N)c(C)c1. The first-order valence-corrected chi connectivity index (χ1v) is 6.66. The van der Waals surface area contributed by atoms with E-state index in [2.05, 4.69) is 6.58 Å². The van der Waals surface area contributed by atoms with Crippen molar-refractivity contribution in [3.8, 4) is 0 Å². The normalized spacial score (nSPS) is 11.8. The van der Waals surface area contributed by atoms with Crippen LogP contribution in [0.25, 0.3) is 0 Å². The molecular weight excluding hydrogens is 236 g/mol. The molecule has 0 aromatic heterocycles. The van der Waals surface area contributed by atoms with Crippen molar-refractivity contribution in [3.63, 3.8) is 0 Å². The van der Waals surface area contributed by atoms with Gasteiger partial charge in [-0.3, -0.25) is 0 Å². The zero-order valence-corrected chi connectivity index (χ0v) is 11.2. The van der Waals surface area contributed by atoms with Crippen LogP contribution >= 0.6 is 0 Å². The predicted octanol–water partition coefficient (Wildman–Crippen LogP) is 1.77. The van der Waals surface area contributed by atoms with Gasteiger partial charge in [0.2, 0.25) is 10.0 Å². The second-order valence-corrected chi connectivity index (χ2v) is 6.28. The number of nitrogen functional groups attached to an aromatic ring is 1. The highest BCUT2D eigenvalue weighted by atomic mass is 32.2. The first-order valence-electron chi connectivity index (χ1n) is 5.22. The Labute approximate surface area is 103 Å². The van der Waals surface area contributed by atoms with Crippen LogP contribution < -0.4 is 5.73 Å². The van der Waals surface area contributed by atoms with Crippen LogP contribution in [-0.4, -0.2) is 26.3 Å². The van der Waals surface area contributed by atoms with Gasteiger partial charge in [-0.1, -0.05) is 12.2 Å². The van der Waals surface area contributed by atoms with Gasteiger partial charge in [0.25, 0.3) is 0 Å². The minimum Gasteiger partial charge on any atom is -0.399 e. The predicted molar refractivity (Wildman–Crippen MR) is 70.2 cm³/mol. The van der Waals surface area contributed by atoms with E-state index in [0.717, 1.165) is 11.1 Å². The number of hydrogen-bond acceptors (Lipinski definition) is 3. The third-order valence-corrected chi connectivity index (χ3v) is 4.24. The molecule has 0 unspecified atom stereocenters. The Morgan fingerprint density at radius 1 is 1.47 bits per heavy atom. The van der Waals surface area contributed by atoms with Gasteiger partial charge in [0.1, 0.15) is 0 Å². The maximum absolute atomic E-state index is 12.2. The molecule has 4 nitrogen and oxygen atoms in total. The summed E-state index contributed by atoms with van der Waals surface area (Å²) >= 11 is 0. The van der Waals surface area contributed by atoms with Gasteiger partial charge >= 0.3 is 0 Å². The van der Waals surface area contributed by atoms with E-state index in [0.29, 0.717) is 12.2 Å². The number of hydrogen-bond donors (Lipinski definition) is 1. The largest absolute Gasteiger partial charge is 0.399 e. The van der Waals surface area contributed by atoms with Crippen molar-refractivity contribution in [2.24, 2.45) is 0 Å². The molecule has 0 aliphatic heterocycles. The number of likely N-dealkylation sites (N-methyl/N-ethyl adjacent to an activating group) is 1. The number of rotatable bonds is 4. The molecular formula is C12H18N2O2S. The van der Waals surface area contributed by atoms with Crippen LogP contribution in [0.1, 0.15) is 12.5 Å². The van der Waals surface area contributed by atoms with Crippen molar-refractivity contribution in [1.29, 1.82) is 0 Å². The molecule has 2 N–H and O–H groups in total. The summed E-state index contributed by atoms with van der Waals surface area (Å²) in [7, 11) is -1.92. The molecule has 1 rings (SSSR count). The second-order valence-electron chi connectivity index (χ2n) is 4.24. The van der Waals surface area contributed by atoms with Gasteiger partial charge in [0.15, 0.2) is 0 Å². The summed E-state index contributed by atoms with van der Waals surface area (Å²) in [6, 6.07) is 4.71. The molecule has 0 atom stereocenters. The van der Waals surface area contributed by atoms with Gasteiger partial charge in [-0.15, -0.1) is 0 Å². The number of benzene rings is 1. The lowest BCUT2D eigenvalue weighted by Crippen LogP contribution is -2.28. The van der Waals surface area contributed by atoms with E-state index in [1.165, 1.54) is 17.4 Å². The van der Waals surface area contributed by atoms with Gasteiger partial charge in [0.05, 0.1) is 4.90 Å². The fourth-order valence-corrected chi connectivity index (χ4v) is 2.77. The zero-order chi connectivity index (χ0) is 13.2. The van der Waals surface area contributed by atoms with E-state index < -0.39 is 10.0 Å². The van der Waals surface area contributed by atoms with Crippen LogP contribution in [-0.2, 0) is 10.0 Å². The van der Waals surface area contributed by atoms with Gasteiger partial charge in [-0.05, 0) is 37.6 Å². The lowest BCUT2D eigenvalue weighted by atomic mass is 10.2. The molecule has 0 spiro atoms. The van der Waals surface area contributed by atoms with Gasteiger partial charge < -0.3 is 5.73 Å². The zero-order valence-electron chi connectivity index (χ0n) is 10.4. The highest BCUT2D eigenvalue weighted by Crippen LogP contribution is 2.20. The van der Waals surface area contributed by atoms with Crippen LogP contribution in [0.5, 0.6) is 0 Å². The molecule has 0 amide bonds. The monoisotopic (exact) mass is 254 g/mol. The van der Waals surface area contributed by atoms with Crippen molar-refractivity contribution >= 4 is 15.7 Å². The molecule has 0 fully saturated rings. The Balaban J connectivity index is 3.13. The first kappa shape index (κ1) is 13.7.